The first-order valence-electron chi connectivity index (χ1n) is 10.0. The van der Waals surface area contributed by atoms with Gasteiger partial charge >= 0.3 is 5.97 Å². The molecule has 0 saturated heterocycles. The molecule has 4 rings (SSSR count). The second-order valence-electron chi connectivity index (χ2n) is 7.38. The molecular weight excluding hydrogens is 410 g/mol. The first-order valence-corrected chi connectivity index (χ1v) is 11.0. The van der Waals surface area contributed by atoms with Crippen molar-refractivity contribution in [2.45, 2.75) is 26.7 Å². The lowest BCUT2D eigenvalue weighted by Crippen LogP contribution is -2.05. The maximum absolute atomic E-state index is 10.9. The summed E-state index contributed by atoms with van der Waals surface area (Å²) in [6.07, 6.45) is 0.582. The molecule has 4 aromatic rings. The van der Waals surface area contributed by atoms with Crippen LogP contribution in [-0.4, -0.2) is 22.7 Å². The molecule has 0 fully saturated rings. The summed E-state index contributed by atoms with van der Waals surface area (Å²) in [7, 11) is 0. The number of rotatable bonds is 8. The van der Waals surface area contributed by atoms with E-state index in [2.05, 4.69) is 33.9 Å². The lowest BCUT2D eigenvalue weighted by atomic mass is 10.1. The summed E-state index contributed by atoms with van der Waals surface area (Å²) in [5.74, 6) is 1.22. The number of aryl methyl sites for hydroxylation is 2. The van der Waals surface area contributed by atoms with Crippen LogP contribution in [0.3, 0.4) is 0 Å². The predicted molar refractivity (Wildman–Crippen MR) is 122 cm³/mol. The van der Waals surface area contributed by atoms with Gasteiger partial charge in [-0.05, 0) is 71.1 Å². The van der Waals surface area contributed by atoms with E-state index in [1.54, 1.807) is 17.4 Å². The summed E-state index contributed by atoms with van der Waals surface area (Å²) in [6, 6.07) is 15.8. The molecule has 2 aromatic heterocycles. The Morgan fingerprint density at radius 1 is 1.06 bits per heavy atom. The number of oxazole rings is 1. The summed E-state index contributed by atoms with van der Waals surface area (Å²) in [5.41, 5.74) is 5.86. The Morgan fingerprint density at radius 3 is 2.55 bits per heavy atom. The topological polar surface area (TPSA) is 72.6 Å². The molecule has 2 heterocycles. The Morgan fingerprint density at radius 2 is 1.84 bits per heavy atom. The number of carboxylic acids is 1. The van der Waals surface area contributed by atoms with Crippen LogP contribution in [0.15, 0.2) is 63.7 Å². The maximum Gasteiger partial charge on any atom is 0.307 e. The molecule has 0 aliphatic rings. The smallest absolute Gasteiger partial charge is 0.307 e. The van der Waals surface area contributed by atoms with Crippen LogP contribution >= 0.6 is 11.3 Å². The highest BCUT2D eigenvalue weighted by Crippen LogP contribution is 2.27. The fourth-order valence-electron chi connectivity index (χ4n) is 3.36. The molecule has 158 valence electrons. The molecule has 0 aliphatic heterocycles. The van der Waals surface area contributed by atoms with Crippen LogP contribution in [0.2, 0.25) is 0 Å². The monoisotopic (exact) mass is 433 g/mol. The average molecular weight is 434 g/mol. The van der Waals surface area contributed by atoms with Crippen molar-refractivity contribution in [1.29, 1.82) is 0 Å². The number of thiophene rings is 1. The van der Waals surface area contributed by atoms with Gasteiger partial charge in [0.2, 0.25) is 5.89 Å². The first-order chi connectivity index (χ1) is 15.0. The van der Waals surface area contributed by atoms with Crippen LogP contribution < -0.4 is 4.74 Å². The molecule has 0 aliphatic carbocycles. The van der Waals surface area contributed by atoms with Gasteiger partial charge in [-0.1, -0.05) is 24.3 Å². The van der Waals surface area contributed by atoms with Crippen LogP contribution in [0.25, 0.3) is 22.6 Å². The van der Waals surface area contributed by atoms with E-state index in [-0.39, 0.29) is 6.42 Å². The SMILES string of the molecule is Cc1ccc(CC(=O)O)cc1OCCc1nc(-c2ccc(-c3ccsc3)cc2)oc1C. The number of aromatic nitrogens is 1. The normalized spacial score (nSPS) is 10.9. The van der Waals surface area contributed by atoms with Crippen LogP contribution in [-0.2, 0) is 17.6 Å². The quantitative estimate of drug-likeness (QED) is 0.372. The van der Waals surface area contributed by atoms with E-state index in [0.717, 1.165) is 28.1 Å². The van der Waals surface area contributed by atoms with Crippen LogP contribution in [0, 0.1) is 13.8 Å². The third-order valence-electron chi connectivity index (χ3n) is 5.08. The molecule has 0 saturated carbocycles. The van der Waals surface area contributed by atoms with E-state index in [0.29, 0.717) is 24.7 Å². The van der Waals surface area contributed by atoms with Crippen molar-refractivity contribution in [2.75, 3.05) is 6.61 Å². The van der Waals surface area contributed by atoms with Gasteiger partial charge in [-0.2, -0.15) is 11.3 Å². The molecule has 0 radical (unpaired) electrons. The van der Waals surface area contributed by atoms with Crippen molar-refractivity contribution in [3.05, 3.63) is 81.9 Å². The van der Waals surface area contributed by atoms with Crippen molar-refractivity contribution in [3.8, 4) is 28.3 Å². The Balaban J connectivity index is 1.41. The lowest BCUT2D eigenvalue weighted by molar-refractivity contribution is -0.136. The number of ether oxygens (including phenoxy) is 1. The summed E-state index contributed by atoms with van der Waals surface area (Å²) in [6.45, 7) is 4.28. The number of carboxylic acid groups (broad SMARTS) is 1. The van der Waals surface area contributed by atoms with Crippen molar-refractivity contribution in [2.24, 2.45) is 0 Å². The van der Waals surface area contributed by atoms with Crippen LogP contribution in [0.4, 0.5) is 0 Å². The summed E-state index contributed by atoms with van der Waals surface area (Å²) in [5, 5.41) is 13.2. The zero-order valence-electron chi connectivity index (χ0n) is 17.4. The first kappa shape index (κ1) is 20.9. The minimum absolute atomic E-state index is 0.0202. The van der Waals surface area contributed by atoms with E-state index in [1.807, 2.05) is 38.1 Å². The number of benzene rings is 2. The molecule has 1 N–H and O–H groups in total. The predicted octanol–water partition coefficient (Wildman–Crippen LogP) is 5.94. The fourth-order valence-corrected chi connectivity index (χ4v) is 4.02. The van der Waals surface area contributed by atoms with Crippen molar-refractivity contribution in [1.82, 2.24) is 4.98 Å². The van der Waals surface area contributed by atoms with E-state index in [4.69, 9.17) is 14.3 Å². The minimum atomic E-state index is -0.857. The zero-order valence-corrected chi connectivity index (χ0v) is 18.2. The van der Waals surface area contributed by atoms with Crippen molar-refractivity contribution in [3.63, 3.8) is 0 Å². The summed E-state index contributed by atoms with van der Waals surface area (Å²) in [4.78, 5) is 15.6. The van der Waals surface area contributed by atoms with Gasteiger partial charge < -0.3 is 14.3 Å². The standard InChI is InChI=1S/C25H23NO4S/c1-16-3-4-18(14-24(27)28)13-23(16)29-11-9-22-17(2)30-25(26-22)20-7-5-19(6-8-20)21-10-12-31-15-21/h3-8,10,12-13,15H,9,11,14H2,1-2H3,(H,27,28). The second-order valence-corrected chi connectivity index (χ2v) is 8.16. The van der Waals surface area contributed by atoms with Gasteiger partial charge in [0.15, 0.2) is 0 Å². The highest BCUT2D eigenvalue weighted by atomic mass is 32.1. The van der Waals surface area contributed by atoms with Gasteiger partial charge in [0.05, 0.1) is 18.7 Å². The van der Waals surface area contributed by atoms with Gasteiger partial charge in [0.1, 0.15) is 11.5 Å². The minimum Gasteiger partial charge on any atom is -0.493 e. The molecule has 31 heavy (non-hydrogen) atoms. The van der Waals surface area contributed by atoms with Gasteiger partial charge in [0, 0.05) is 12.0 Å². The Kier molecular flexibility index (Phi) is 6.18. The molecule has 6 heteroatoms. The zero-order chi connectivity index (χ0) is 21.8. The van der Waals surface area contributed by atoms with Gasteiger partial charge in [-0.25, -0.2) is 4.98 Å². The highest BCUT2D eigenvalue weighted by molar-refractivity contribution is 7.08. The molecule has 0 atom stereocenters. The largest absolute Gasteiger partial charge is 0.493 e. The van der Waals surface area contributed by atoms with E-state index >= 15 is 0 Å². The van der Waals surface area contributed by atoms with Crippen molar-refractivity contribution >= 4 is 17.3 Å². The maximum atomic E-state index is 10.9. The van der Waals surface area contributed by atoms with Gasteiger partial charge in [-0.15, -0.1) is 0 Å². The number of hydrogen-bond donors (Lipinski definition) is 1. The number of nitrogens with zero attached hydrogens (tertiary/aromatic N) is 1. The molecule has 0 amide bonds. The third kappa shape index (κ3) is 5.03. The molecule has 5 nitrogen and oxygen atoms in total. The van der Waals surface area contributed by atoms with Crippen LogP contribution in [0.5, 0.6) is 5.75 Å². The Bertz CT molecular complexity index is 1180. The molecule has 0 bridgehead atoms. The summed E-state index contributed by atoms with van der Waals surface area (Å²) >= 11 is 1.68. The van der Waals surface area contributed by atoms with E-state index in [1.165, 1.54) is 11.1 Å². The molecule has 0 unspecified atom stereocenters. The van der Waals surface area contributed by atoms with Gasteiger partial charge in [0.25, 0.3) is 0 Å². The number of carbonyl (C=O) groups is 1. The molecular formula is C25H23NO4S. The van der Waals surface area contributed by atoms with E-state index < -0.39 is 5.97 Å². The lowest BCUT2D eigenvalue weighted by Gasteiger charge is -2.10. The highest BCUT2D eigenvalue weighted by Gasteiger charge is 2.13. The average Bonchev–Trinajstić information content (AvgIpc) is 3.41. The molecule has 2 aromatic carbocycles. The molecule has 0 spiro atoms. The van der Waals surface area contributed by atoms with Crippen LogP contribution in [0.1, 0.15) is 22.6 Å². The third-order valence-corrected chi connectivity index (χ3v) is 5.77. The Hall–Kier alpha value is -3.38. The van der Waals surface area contributed by atoms with E-state index in [9.17, 15) is 4.79 Å². The number of aliphatic carboxylic acids is 1. The van der Waals surface area contributed by atoms with Gasteiger partial charge in [-0.3, -0.25) is 4.79 Å². The summed E-state index contributed by atoms with van der Waals surface area (Å²) < 4.78 is 11.8. The van der Waals surface area contributed by atoms with Crippen molar-refractivity contribution < 1.29 is 19.1 Å². The second kappa shape index (κ2) is 9.18. The number of hydrogen-bond acceptors (Lipinski definition) is 5. The fraction of sp³-hybridized carbons (Fsp3) is 0.200. The Labute approximate surface area is 185 Å².